The van der Waals surface area contributed by atoms with Crippen LogP contribution in [0.3, 0.4) is 0 Å². The van der Waals surface area contributed by atoms with Gasteiger partial charge in [0.1, 0.15) is 11.5 Å². The second-order valence-corrected chi connectivity index (χ2v) is 12.7. The van der Waals surface area contributed by atoms with Gasteiger partial charge in [-0.1, -0.05) is 43.3 Å². The number of phenolic OH excluding ortho intramolecular Hbond substituents is 1. The zero-order chi connectivity index (χ0) is 24.4. The van der Waals surface area contributed by atoms with Gasteiger partial charge >= 0.3 is 0 Å². The van der Waals surface area contributed by atoms with Crippen LogP contribution < -0.4 is 4.72 Å². The van der Waals surface area contributed by atoms with Crippen molar-refractivity contribution in [1.29, 1.82) is 0 Å². The minimum Gasteiger partial charge on any atom is -0.508 e. The average molecular weight is 490 g/mol. The lowest BCUT2D eigenvalue weighted by Crippen LogP contribution is -2.46. The normalized spacial score (nSPS) is 30.0. The molecule has 0 aliphatic heterocycles. The van der Waals surface area contributed by atoms with Gasteiger partial charge < -0.3 is 5.11 Å². The van der Waals surface area contributed by atoms with Crippen LogP contribution in [0.1, 0.15) is 49.7 Å². The Morgan fingerprint density at radius 2 is 1.83 bits per heavy atom. The summed E-state index contributed by atoms with van der Waals surface area (Å²) in [6.07, 6.45) is 4.11. The molecular weight excluding hydrogens is 458 g/mol. The van der Waals surface area contributed by atoms with E-state index >= 15 is 0 Å². The lowest BCUT2D eigenvalue weighted by atomic mass is 9.54. The molecule has 0 bridgehead atoms. The van der Waals surface area contributed by atoms with E-state index in [1.165, 1.54) is 11.1 Å². The van der Waals surface area contributed by atoms with Crippen LogP contribution in [0.5, 0.6) is 5.75 Å². The van der Waals surface area contributed by atoms with Gasteiger partial charge in [-0.2, -0.15) is 0 Å². The SMILES string of the molecule is C[C@]12CC[C@@H]3c4ccc(O)cc4CC[C@H]3C1[C@@H](CNS(=O)(=O)c1ccc3ccccc3c1)CC2=O. The van der Waals surface area contributed by atoms with Crippen LogP contribution in [0.2, 0.25) is 0 Å². The van der Waals surface area contributed by atoms with Crippen molar-refractivity contribution in [2.75, 3.05) is 6.54 Å². The molecule has 0 saturated heterocycles. The van der Waals surface area contributed by atoms with E-state index in [0.717, 1.165) is 36.5 Å². The highest BCUT2D eigenvalue weighted by atomic mass is 32.2. The molecule has 6 heteroatoms. The molecule has 182 valence electrons. The first-order chi connectivity index (χ1) is 16.8. The first kappa shape index (κ1) is 22.7. The largest absolute Gasteiger partial charge is 0.508 e. The third kappa shape index (κ3) is 3.69. The second kappa shape index (κ2) is 8.17. The number of carbonyl (C=O) groups excluding carboxylic acids is 1. The van der Waals surface area contributed by atoms with E-state index in [4.69, 9.17) is 0 Å². The van der Waals surface area contributed by atoms with E-state index in [9.17, 15) is 18.3 Å². The fourth-order valence-electron chi connectivity index (χ4n) is 7.45. The van der Waals surface area contributed by atoms with Gasteiger partial charge in [-0.05, 0) is 95.5 Å². The van der Waals surface area contributed by atoms with Gasteiger partial charge in [-0.25, -0.2) is 13.1 Å². The van der Waals surface area contributed by atoms with Gasteiger partial charge in [-0.3, -0.25) is 4.79 Å². The van der Waals surface area contributed by atoms with Crippen LogP contribution in [-0.4, -0.2) is 25.9 Å². The van der Waals surface area contributed by atoms with Crippen molar-refractivity contribution in [3.05, 3.63) is 71.8 Å². The number of phenols is 1. The number of aryl methyl sites for hydroxylation is 1. The molecule has 0 spiro atoms. The Morgan fingerprint density at radius 1 is 1.03 bits per heavy atom. The van der Waals surface area contributed by atoms with Gasteiger partial charge in [0.05, 0.1) is 4.90 Å². The summed E-state index contributed by atoms with van der Waals surface area (Å²) >= 11 is 0. The molecule has 2 N–H and O–H groups in total. The average Bonchev–Trinajstić information content (AvgIpc) is 3.12. The highest BCUT2D eigenvalue weighted by Gasteiger charge is 2.58. The Balaban J connectivity index is 1.26. The van der Waals surface area contributed by atoms with Crippen LogP contribution >= 0.6 is 0 Å². The number of hydrogen-bond acceptors (Lipinski definition) is 4. The van der Waals surface area contributed by atoms with Crippen LogP contribution in [0.15, 0.2) is 65.6 Å². The topological polar surface area (TPSA) is 83.5 Å². The van der Waals surface area contributed by atoms with Crippen molar-refractivity contribution in [3.8, 4) is 5.75 Å². The quantitative estimate of drug-likeness (QED) is 0.529. The highest BCUT2D eigenvalue weighted by Crippen LogP contribution is 2.61. The maximum atomic E-state index is 13.2. The number of hydrogen-bond donors (Lipinski definition) is 2. The van der Waals surface area contributed by atoms with Crippen molar-refractivity contribution in [2.45, 2.75) is 49.8 Å². The molecule has 35 heavy (non-hydrogen) atoms. The van der Waals surface area contributed by atoms with Crippen LogP contribution in [-0.2, 0) is 21.2 Å². The maximum Gasteiger partial charge on any atom is 0.240 e. The van der Waals surface area contributed by atoms with Crippen molar-refractivity contribution < 1.29 is 18.3 Å². The van der Waals surface area contributed by atoms with Crippen LogP contribution in [0, 0.1) is 23.2 Å². The van der Waals surface area contributed by atoms with E-state index < -0.39 is 10.0 Å². The number of Topliss-reactive ketones (excluding diaryl/α,β-unsaturated/α-hetero) is 1. The second-order valence-electron chi connectivity index (χ2n) is 10.9. The summed E-state index contributed by atoms with van der Waals surface area (Å²) in [5.41, 5.74) is 2.14. The molecule has 5 nitrogen and oxygen atoms in total. The Kier molecular flexibility index (Phi) is 5.31. The molecular formula is C29H31NO4S. The minimum absolute atomic E-state index is 0.00537. The number of sulfonamides is 1. The third-order valence-corrected chi connectivity index (χ3v) is 10.5. The minimum atomic E-state index is -3.69. The van der Waals surface area contributed by atoms with Gasteiger partial charge in [0.15, 0.2) is 0 Å². The summed E-state index contributed by atoms with van der Waals surface area (Å²) in [6.45, 7) is 2.40. The first-order valence-corrected chi connectivity index (χ1v) is 14.1. The molecule has 0 heterocycles. The predicted molar refractivity (Wildman–Crippen MR) is 136 cm³/mol. The fraction of sp³-hybridized carbons (Fsp3) is 0.414. The van der Waals surface area contributed by atoms with Gasteiger partial charge in [0, 0.05) is 18.4 Å². The number of nitrogens with one attached hydrogen (secondary N) is 1. The Morgan fingerprint density at radius 3 is 2.66 bits per heavy atom. The Bertz CT molecular complexity index is 1430. The molecule has 0 amide bonds. The number of carbonyl (C=O) groups is 1. The molecule has 3 aromatic carbocycles. The lowest BCUT2D eigenvalue weighted by Gasteiger charge is -2.49. The maximum absolute atomic E-state index is 13.2. The lowest BCUT2D eigenvalue weighted by molar-refractivity contribution is -0.129. The molecule has 0 aromatic heterocycles. The summed E-state index contributed by atoms with van der Waals surface area (Å²) in [7, 11) is -3.69. The third-order valence-electron chi connectivity index (χ3n) is 9.12. The Hall–Kier alpha value is -2.70. The molecule has 3 aliphatic rings. The molecule has 3 aliphatic carbocycles. The van der Waals surface area contributed by atoms with E-state index in [0.29, 0.717) is 24.0 Å². The summed E-state index contributed by atoms with van der Waals surface area (Å²) in [5, 5.41) is 11.8. The zero-order valence-electron chi connectivity index (χ0n) is 19.9. The van der Waals surface area contributed by atoms with E-state index in [2.05, 4.69) is 17.7 Å². The van der Waals surface area contributed by atoms with Crippen molar-refractivity contribution >= 4 is 26.6 Å². The Labute approximate surface area is 206 Å². The molecule has 2 fully saturated rings. The van der Waals surface area contributed by atoms with E-state index in [1.54, 1.807) is 18.2 Å². The smallest absolute Gasteiger partial charge is 0.240 e. The first-order valence-electron chi connectivity index (χ1n) is 12.6. The number of benzene rings is 3. The van der Waals surface area contributed by atoms with Gasteiger partial charge in [0.25, 0.3) is 0 Å². The number of ketones is 1. The van der Waals surface area contributed by atoms with Crippen LogP contribution in [0.4, 0.5) is 0 Å². The molecule has 3 aromatic rings. The summed E-state index contributed by atoms with van der Waals surface area (Å²) in [4.78, 5) is 13.5. The molecule has 2 saturated carbocycles. The van der Waals surface area contributed by atoms with Crippen molar-refractivity contribution in [2.24, 2.45) is 23.2 Å². The predicted octanol–water partition coefficient (Wildman–Crippen LogP) is 5.18. The summed E-state index contributed by atoms with van der Waals surface area (Å²) < 4.78 is 29.3. The number of aromatic hydroxyl groups is 1. The van der Waals surface area contributed by atoms with Gasteiger partial charge in [0.2, 0.25) is 10.0 Å². The molecule has 0 radical (unpaired) electrons. The molecule has 6 rings (SSSR count). The van der Waals surface area contributed by atoms with Crippen molar-refractivity contribution in [1.82, 2.24) is 4.72 Å². The monoisotopic (exact) mass is 489 g/mol. The summed E-state index contributed by atoms with van der Waals surface area (Å²) in [5.74, 6) is 1.46. The van der Waals surface area contributed by atoms with E-state index in [1.807, 2.05) is 36.4 Å². The highest BCUT2D eigenvalue weighted by molar-refractivity contribution is 7.89. The van der Waals surface area contributed by atoms with Crippen molar-refractivity contribution in [3.63, 3.8) is 0 Å². The summed E-state index contributed by atoms with van der Waals surface area (Å²) in [6, 6.07) is 18.6. The standard InChI is InChI=1S/C29H31NO4S/c1-29-13-12-25-24-11-8-22(31)14-20(24)7-10-26(25)28(29)21(16-27(29)32)17-30-35(33,34)23-9-6-18-4-2-3-5-19(18)15-23/h2-6,8-9,11,14-15,21,25-26,28,30-31H,7,10,12-13,16-17H2,1H3/t21-,25-,26-,28?,29-/m1/s1. The van der Waals surface area contributed by atoms with Crippen LogP contribution in [0.25, 0.3) is 10.8 Å². The zero-order valence-corrected chi connectivity index (χ0v) is 20.7. The van der Waals surface area contributed by atoms with Gasteiger partial charge in [-0.15, -0.1) is 0 Å². The molecule has 1 unspecified atom stereocenters. The van der Waals surface area contributed by atoms with E-state index in [-0.39, 0.29) is 34.5 Å². The number of rotatable bonds is 4. The molecule has 5 atom stereocenters. The fourth-order valence-corrected chi connectivity index (χ4v) is 8.57. The number of fused-ring (bicyclic) bond motifs is 6.